The number of rotatable bonds is 4. The highest BCUT2D eigenvalue weighted by atomic mass is 35.5. The number of anilines is 1. The first-order valence-electron chi connectivity index (χ1n) is 7.11. The number of carbonyl (C=O) groups excluding carboxylic acids is 1. The molecule has 0 bridgehead atoms. The maximum absolute atomic E-state index is 12.1. The van der Waals surface area contributed by atoms with Crippen LogP contribution < -0.4 is 15.4 Å². The third-order valence-corrected chi connectivity index (χ3v) is 3.41. The summed E-state index contributed by atoms with van der Waals surface area (Å²) in [6, 6.07) is 10.3. The Morgan fingerprint density at radius 1 is 1.21 bits per heavy atom. The predicted molar refractivity (Wildman–Crippen MR) is 96.3 cm³/mol. The summed E-state index contributed by atoms with van der Waals surface area (Å²) in [5.74, 6) is 1.15. The minimum absolute atomic E-state index is 0. The van der Waals surface area contributed by atoms with Gasteiger partial charge in [0.2, 0.25) is 5.91 Å². The van der Waals surface area contributed by atoms with Gasteiger partial charge in [0.25, 0.3) is 0 Å². The maximum atomic E-state index is 12.1. The Bertz CT molecular complexity index is 658. The predicted octanol–water partition coefficient (Wildman–Crippen LogP) is 2.38. The molecule has 24 heavy (non-hydrogen) atoms. The lowest BCUT2D eigenvalue weighted by Crippen LogP contribution is -2.35. The van der Waals surface area contributed by atoms with Gasteiger partial charge >= 0.3 is 0 Å². The van der Waals surface area contributed by atoms with Crippen LogP contribution >= 0.6 is 24.8 Å². The first-order valence-corrected chi connectivity index (χ1v) is 7.11. The Balaban J connectivity index is 0.00000144. The molecule has 130 valence electrons. The molecule has 2 heterocycles. The minimum atomic E-state index is -0.461. The molecular weight excluding hydrogens is 353 g/mol. The molecule has 0 saturated carbocycles. The van der Waals surface area contributed by atoms with E-state index in [0.29, 0.717) is 30.2 Å². The smallest absolute Gasteiger partial charge is 0.241 e. The van der Waals surface area contributed by atoms with Crippen molar-refractivity contribution in [2.75, 3.05) is 11.9 Å². The molecule has 3 rings (SSSR count). The van der Waals surface area contributed by atoms with Crippen LogP contribution in [-0.2, 0) is 4.79 Å². The molecular formula is C16H19Cl2N3O3. The molecule has 1 aromatic carbocycles. The lowest BCUT2D eigenvalue weighted by Gasteiger charge is -2.12. The van der Waals surface area contributed by atoms with Crippen LogP contribution in [0.2, 0.25) is 0 Å². The van der Waals surface area contributed by atoms with Crippen molar-refractivity contribution in [3.8, 4) is 11.5 Å². The summed E-state index contributed by atoms with van der Waals surface area (Å²) in [7, 11) is 0. The van der Waals surface area contributed by atoms with Crippen LogP contribution in [0, 0.1) is 0 Å². The molecule has 6 nitrogen and oxygen atoms in total. The van der Waals surface area contributed by atoms with Gasteiger partial charge in [0.05, 0.1) is 12.1 Å². The van der Waals surface area contributed by atoms with Gasteiger partial charge in [-0.25, -0.2) is 0 Å². The number of ether oxygens (including phenoxy) is 1. The van der Waals surface area contributed by atoms with Crippen molar-refractivity contribution in [3.05, 3.63) is 48.8 Å². The van der Waals surface area contributed by atoms with Crippen LogP contribution in [0.25, 0.3) is 0 Å². The van der Waals surface area contributed by atoms with E-state index in [2.05, 4.69) is 15.6 Å². The van der Waals surface area contributed by atoms with Gasteiger partial charge in [-0.3, -0.25) is 9.78 Å². The Morgan fingerprint density at radius 3 is 2.62 bits per heavy atom. The molecule has 1 aliphatic rings. The standard InChI is InChI=1S/C16H17N3O3.2ClH/c20-12-9-15(18-10-12)16(21)19-11-2-1-3-14(8-11)22-13-4-6-17-7-5-13;;/h1-8,12,15,18,20H,9-10H2,(H,19,21);2*1H. The van der Waals surface area contributed by atoms with Crippen LogP contribution in [0.3, 0.4) is 0 Å². The van der Waals surface area contributed by atoms with E-state index in [-0.39, 0.29) is 36.8 Å². The number of nitrogens with zero attached hydrogens (tertiary/aromatic N) is 1. The van der Waals surface area contributed by atoms with Gasteiger partial charge in [-0.1, -0.05) is 6.07 Å². The summed E-state index contributed by atoms with van der Waals surface area (Å²) in [5.41, 5.74) is 0.653. The van der Waals surface area contributed by atoms with Crippen molar-refractivity contribution in [3.63, 3.8) is 0 Å². The van der Waals surface area contributed by atoms with Crippen molar-refractivity contribution < 1.29 is 14.6 Å². The monoisotopic (exact) mass is 371 g/mol. The Morgan fingerprint density at radius 2 is 1.96 bits per heavy atom. The average Bonchev–Trinajstić information content (AvgIpc) is 2.95. The molecule has 0 radical (unpaired) electrons. The fourth-order valence-corrected chi connectivity index (χ4v) is 2.33. The van der Waals surface area contributed by atoms with Crippen LogP contribution in [0.4, 0.5) is 5.69 Å². The molecule has 1 aromatic heterocycles. The summed E-state index contributed by atoms with van der Waals surface area (Å²) in [6.07, 6.45) is 3.27. The van der Waals surface area contributed by atoms with Crippen molar-refractivity contribution in [2.24, 2.45) is 0 Å². The number of hydrogen-bond donors (Lipinski definition) is 3. The molecule has 0 aliphatic carbocycles. The van der Waals surface area contributed by atoms with Gasteiger partial charge in [0.15, 0.2) is 0 Å². The van der Waals surface area contributed by atoms with E-state index < -0.39 is 6.10 Å². The number of β-amino-alcohol motifs (C(OH)–C–C–N with tert-alkyl or cyclic N) is 1. The number of aromatic nitrogens is 1. The van der Waals surface area contributed by atoms with Crippen LogP contribution in [0.5, 0.6) is 11.5 Å². The molecule has 1 fully saturated rings. The van der Waals surface area contributed by atoms with Gasteiger partial charge in [-0.2, -0.15) is 0 Å². The summed E-state index contributed by atoms with van der Waals surface area (Å²) in [5, 5.41) is 15.3. The minimum Gasteiger partial charge on any atom is -0.457 e. The fourth-order valence-electron chi connectivity index (χ4n) is 2.33. The summed E-state index contributed by atoms with van der Waals surface area (Å²) >= 11 is 0. The number of hydrogen-bond acceptors (Lipinski definition) is 5. The highest BCUT2D eigenvalue weighted by molar-refractivity contribution is 5.95. The van der Waals surface area contributed by atoms with E-state index in [4.69, 9.17) is 4.74 Å². The van der Waals surface area contributed by atoms with Crippen LogP contribution in [0.1, 0.15) is 6.42 Å². The van der Waals surface area contributed by atoms with Gasteiger partial charge < -0.3 is 20.5 Å². The Kier molecular flexibility index (Phi) is 7.94. The van der Waals surface area contributed by atoms with Crippen LogP contribution in [-0.4, -0.2) is 34.7 Å². The highest BCUT2D eigenvalue weighted by Crippen LogP contribution is 2.23. The topological polar surface area (TPSA) is 83.5 Å². The number of nitrogens with one attached hydrogen (secondary N) is 2. The second kappa shape index (κ2) is 9.44. The third-order valence-electron chi connectivity index (χ3n) is 3.41. The fraction of sp³-hybridized carbons (Fsp3) is 0.250. The number of aliphatic hydroxyl groups excluding tert-OH is 1. The van der Waals surface area contributed by atoms with Gasteiger partial charge in [0, 0.05) is 30.7 Å². The van der Waals surface area contributed by atoms with E-state index in [1.165, 1.54) is 0 Å². The number of benzene rings is 1. The first-order chi connectivity index (χ1) is 10.7. The zero-order chi connectivity index (χ0) is 15.4. The lowest BCUT2D eigenvalue weighted by atomic mass is 10.2. The molecule has 2 aromatic rings. The number of aliphatic hydroxyl groups is 1. The number of pyridine rings is 1. The second-order valence-corrected chi connectivity index (χ2v) is 5.15. The van der Waals surface area contributed by atoms with Gasteiger partial charge in [0.1, 0.15) is 11.5 Å². The largest absolute Gasteiger partial charge is 0.457 e. The van der Waals surface area contributed by atoms with Crippen molar-refractivity contribution >= 4 is 36.4 Å². The van der Waals surface area contributed by atoms with Crippen molar-refractivity contribution in [2.45, 2.75) is 18.6 Å². The Labute approximate surface area is 152 Å². The molecule has 2 atom stereocenters. The summed E-state index contributed by atoms with van der Waals surface area (Å²) < 4.78 is 5.70. The van der Waals surface area contributed by atoms with E-state index in [0.717, 1.165) is 0 Å². The Hall–Kier alpha value is -1.86. The highest BCUT2D eigenvalue weighted by Gasteiger charge is 2.27. The number of amides is 1. The van der Waals surface area contributed by atoms with E-state index in [1.54, 1.807) is 36.7 Å². The van der Waals surface area contributed by atoms with Crippen molar-refractivity contribution in [1.29, 1.82) is 0 Å². The SMILES string of the molecule is Cl.Cl.O=C(Nc1cccc(Oc2ccncc2)c1)C1CC(O)CN1. The lowest BCUT2D eigenvalue weighted by molar-refractivity contribution is -0.117. The van der Waals surface area contributed by atoms with Crippen LogP contribution in [0.15, 0.2) is 48.8 Å². The van der Waals surface area contributed by atoms with Gasteiger partial charge in [-0.05, 0) is 30.7 Å². The quantitative estimate of drug-likeness (QED) is 0.768. The van der Waals surface area contributed by atoms with E-state index >= 15 is 0 Å². The molecule has 3 N–H and O–H groups in total. The average molecular weight is 372 g/mol. The number of carbonyl (C=O) groups is 1. The molecule has 8 heteroatoms. The van der Waals surface area contributed by atoms with E-state index in [1.807, 2.05) is 12.1 Å². The van der Waals surface area contributed by atoms with E-state index in [9.17, 15) is 9.90 Å². The van der Waals surface area contributed by atoms with Gasteiger partial charge in [-0.15, -0.1) is 24.8 Å². The summed E-state index contributed by atoms with van der Waals surface area (Å²) in [6.45, 7) is 0.448. The molecule has 1 amide bonds. The third kappa shape index (κ3) is 5.35. The molecule has 1 saturated heterocycles. The first kappa shape index (κ1) is 20.2. The maximum Gasteiger partial charge on any atom is 0.241 e. The molecule has 2 unspecified atom stereocenters. The molecule has 1 aliphatic heterocycles. The zero-order valence-corrected chi connectivity index (χ0v) is 14.3. The van der Waals surface area contributed by atoms with Crippen molar-refractivity contribution in [1.82, 2.24) is 10.3 Å². The summed E-state index contributed by atoms with van der Waals surface area (Å²) in [4.78, 5) is 16.0. The second-order valence-electron chi connectivity index (χ2n) is 5.15. The number of halogens is 2. The zero-order valence-electron chi connectivity index (χ0n) is 12.7. The molecule has 0 spiro atoms. The normalized spacial score (nSPS) is 18.9.